The van der Waals surface area contributed by atoms with Crippen molar-refractivity contribution in [2.45, 2.75) is 43.3 Å². The van der Waals surface area contributed by atoms with Crippen molar-refractivity contribution in [1.82, 2.24) is 16.2 Å². The fourth-order valence-electron chi connectivity index (χ4n) is 2.28. The van der Waals surface area contributed by atoms with Gasteiger partial charge in [-0.25, -0.2) is 13.8 Å². The third-order valence-corrected chi connectivity index (χ3v) is 4.63. The second-order valence-corrected chi connectivity index (χ2v) is 7.76. The molecule has 0 radical (unpaired) electrons. The summed E-state index contributed by atoms with van der Waals surface area (Å²) < 4.78 is 28.2. The fourth-order valence-corrected chi connectivity index (χ4v) is 2.91. The number of benzene rings is 1. The first-order valence-electron chi connectivity index (χ1n) is 7.58. The average Bonchev–Trinajstić information content (AvgIpc) is 2.88. The van der Waals surface area contributed by atoms with Crippen LogP contribution in [0.5, 0.6) is 5.75 Å². The Balaban J connectivity index is 1.66. The lowest BCUT2D eigenvalue weighted by Gasteiger charge is -2.12. The SMILES string of the molecule is CC1CC(NC(=O)CCCOc2ccc(S(C)(=O)=O)cc2)NN1. The number of nitrogens with one attached hydrogen (secondary N) is 3. The summed E-state index contributed by atoms with van der Waals surface area (Å²) in [6.45, 7) is 2.44. The van der Waals surface area contributed by atoms with Gasteiger partial charge in [0.1, 0.15) is 5.75 Å². The molecule has 128 valence electrons. The lowest BCUT2D eigenvalue weighted by atomic mass is 10.2. The van der Waals surface area contributed by atoms with Gasteiger partial charge in [0.15, 0.2) is 9.84 Å². The molecule has 1 aromatic carbocycles. The molecule has 0 aliphatic carbocycles. The lowest BCUT2D eigenvalue weighted by molar-refractivity contribution is -0.122. The van der Waals surface area contributed by atoms with Crippen LogP contribution in [0.3, 0.4) is 0 Å². The van der Waals surface area contributed by atoms with Crippen molar-refractivity contribution in [2.75, 3.05) is 12.9 Å². The van der Waals surface area contributed by atoms with E-state index < -0.39 is 9.84 Å². The zero-order chi connectivity index (χ0) is 16.9. The van der Waals surface area contributed by atoms with E-state index in [4.69, 9.17) is 4.74 Å². The van der Waals surface area contributed by atoms with Gasteiger partial charge in [-0.3, -0.25) is 10.2 Å². The first kappa shape index (κ1) is 17.7. The van der Waals surface area contributed by atoms with Crippen molar-refractivity contribution < 1.29 is 17.9 Å². The zero-order valence-corrected chi connectivity index (χ0v) is 14.2. The molecule has 1 aromatic rings. The number of carbonyl (C=O) groups excluding carboxylic acids is 1. The highest BCUT2D eigenvalue weighted by atomic mass is 32.2. The predicted octanol–water partition coefficient (Wildman–Crippen LogP) is 0.578. The van der Waals surface area contributed by atoms with E-state index in [0.717, 1.165) is 12.7 Å². The average molecular weight is 341 g/mol. The van der Waals surface area contributed by atoms with E-state index in [1.807, 2.05) is 6.92 Å². The van der Waals surface area contributed by atoms with Gasteiger partial charge in [-0.05, 0) is 44.0 Å². The van der Waals surface area contributed by atoms with Crippen molar-refractivity contribution in [2.24, 2.45) is 0 Å². The Morgan fingerprint density at radius 2 is 2.00 bits per heavy atom. The number of sulfone groups is 1. The summed E-state index contributed by atoms with van der Waals surface area (Å²) >= 11 is 0. The minimum absolute atomic E-state index is 0.0191. The molecule has 1 amide bonds. The molecule has 0 aromatic heterocycles. The second-order valence-electron chi connectivity index (χ2n) is 5.74. The predicted molar refractivity (Wildman–Crippen MR) is 86.6 cm³/mol. The summed E-state index contributed by atoms with van der Waals surface area (Å²) in [5.41, 5.74) is 6.06. The fraction of sp³-hybridized carbons (Fsp3) is 0.533. The molecule has 23 heavy (non-hydrogen) atoms. The van der Waals surface area contributed by atoms with Crippen LogP contribution in [-0.4, -0.2) is 39.4 Å². The van der Waals surface area contributed by atoms with Crippen LogP contribution >= 0.6 is 0 Å². The van der Waals surface area contributed by atoms with E-state index in [9.17, 15) is 13.2 Å². The Hall–Kier alpha value is -1.64. The highest BCUT2D eigenvalue weighted by Crippen LogP contribution is 2.16. The summed E-state index contributed by atoms with van der Waals surface area (Å²) in [5, 5.41) is 2.90. The standard InChI is InChI=1S/C15H23N3O4S/c1-11-10-14(18-17-11)16-15(19)4-3-9-22-12-5-7-13(8-6-12)23(2,20)21/h5-8,11,14,17-18H,3-4,9-10H2,1-2H3,(H,16,19). The zero-order valence-electron chi connectivity index (χ0n) is 13.3. The van der Waals surface area contributed by atoms with Gasteiger partial charge in [-0.2, -0.15) is 0 Å². The van der Waals surface area contributed by atoms with Crippen molar-refractivity contribution in [3.63, 3.8) is 0 Å². The molecule has 1 aliphatic heterocycles. The minimum Gasteiger partial charge on any atom is -0.494 e. The van der Waals surface area contributed by atoms with Crippen molar-refractivity contribution in [3.8, 4) is 5.75 Å². The van der Waals surface area contributed by atoms with Crippen LogP contribution in [0.25, 0.3) is 0 Å². The van der Waals surface area contributed by atoms with E-state index in [1.165, 1.54) is 12.1 Å². The number of amides is 1. The Bertz CT molecular complexity index is 631. The van der Waals surface area contributed by atoms with Gasteiger partial charge in [0.2, 0.25) is 5.91 Å². The smallest absolute Gasteiger partial charge is 0.221 e. The Labute approximate surface area is 136 Å². The second kappa shape index (κ2) is 7.76. The van der Waals surface area contributed by atoms with E-state index in [1.54, 1.807) is 12.1 Å². The Morgan fingerprint density at radius 1 is 1.30 bits per heavy atom. The number of hydrogen-bond donors (Lipinski definition) is 3. The third kappa shape index (κ3) is 5.81. The summed E-state index contributed by atoms with van der Waals surface area (Å²) in [5.74, 6) is 0.572. The van der Waals surface area contributed by atoms with E-state index >= 15 is 0 Å². The monoisotopic (exact) mass is 341 g/mol. The molecule has 0 spiro atoms. The molecule has 0 bridgehead atoms. The lowest BCUT2D eigenvalue weighted by Crippen LogP contribution is -2.44. The van der Waals surface area contributed by atoms with Crippen molar-refractivity contribution in [1.29, 1.82) is 0 Å². The molecular weight excluding hydrogens is 318 g/mol. The van der Waals surface area contributed by atoms with Crippen LogP contribution < -0.4 is 20.9 Å². The molecule has 1 fully saturated rings. The number of ether oxygens (including phenoxy) is 1. The van der Waals surface area contributed by atoms with Gasteiger partial charge in [-0.15, -0.1) is 0 Å². The molecular formula is C15H23N3O4S. The first-order chi connectivity index (χ1) is 10.8. The molecule has 1 saturated heterocycles. The largest absolute Gasteiger partial charge is 0.494 e. The molecule has 7 nitrogen and oxygen atoms in total. The van der Waals surface area contributed by atoms with Crippen LogP contribution in [0.1, 0.15) is 26.2 Å². The topological polar surface area (TPSA) is 96.5 Å². The number of carbonyl (C=O) groups is 1. The Kier molecular flexibility index (Phi) is 5.97. The summed E-state index contributed by atoms with van der Waals surface area (Å²) in [7, 11) is -3.19. The molecule has 3 N–H and O–H groups in total. The summed E-state index contributed by atoms with van der Waals surface area (Å²) in [4.78, 5) is 12.0. The van der Waals surface area contributed by atoms with Gasteiger partial charge in [0.05, 0.1) is 17.7 Å². The number of rotatable bonds is 7. The molecule has 0 saturated carbocycles. The maximum absolute atomic E-state index is 11.8. The van der Waals surface area contributed by atoms with Crippen molar-refractivity contribution in [3.05, 3.63) is 24.3 Å². The normalized spacial score (nSPS) is 21.1. The molecule has 1 aliphatic rings. The van der Waals surface area contributed by atoms with Gasteiger partial charge >= 0.3 is 0 Å². The van der Waals surface area contributed by atoms with Crippen molar-refractivity contribution >= 4 is 15.7 Å². The van der Waals surface area contributed by atoms with E-state index in [0.29, 0.717) is 31.2 Å². The maximum Gasteiger partial charge on any atom is 0.221 e. The quantitative estimate of drug-likeness (QED) is 0.628. The summed E-state index contributed by atoms with van der Waals surface area (Å²) in [6.07, 6.45) is 2.97. The first-order valence-corrected chi connectivity index (χ1v) is 9.47. The van der Waals surface area contributed by atoms with Crippen LogP contribution in [0.15, 0.2) is 29.2 Å². The number of hydrazine groups is 1. The highest BCUT2D eigenvalue weighted by Gasteiger charge is 2.21. The molecule has 2 atom stereocenters. The van der Waals surface area contributed by atoms with Gasteiger partial charge in [0.25, 0.3) is 0 Å². The third-order valence-electron chi connectivity index (χ3n) is 3.50. The highest BCUT2D eigenvalue weighted by molar-refractivity contribution is 7.90. The van der Waals surface area contributed by atoms with Crippen LogP contribution in [0.2, 0.25) is 0 Å². The molecule has 8 heteroatoms. The summed E-state index contributed by atoms with van der Waals surface area (Å²) in [6, 6.07) is 6.60. The van der Waals surface area contributed by atoms with Gasteiger partial charge < -0.3 is 10.1 Å². The van der Waals surface area contributed by atoms with Gasteiger partial charge in [-0.1, -0.05) is 0 Å². The molecule has 2 rings (SSSR count). The van der Waals surface area contributed by atoms with Crippen LogP contribution in [0, 0.1) is 0 Å². The van der Waals surface area contributed by atoms with Crippen LogP contribution in [-0.2, 0) is 14.6 Å². The minimum atomic E-state index is -3.19. The Morgan fingerprint density at radius 3 is 2.57 bits per heavy atom. The van der Waals surface area contributed by atoms with E-state index in [2.05, 4.69) is 16.2 Å². The maximum atomic E-state index is 11.8. The van der Waals surface area contributed by atoms with Gasteiger partial charge in [0, 0.05) is 18.7 Å². The van der Waals surface area contributed by atoms with Crippen LogP contribution in [0.4, 0.5) is 0 Å². The molecule has 2 unspecified atom stereocenters. The number of hydrogen-bond acceptors (Lipinski definition) is 6. The molecule has 1 heterocycles. The van der Waals surface area contributed by atoms with E-state index in [-0.39, 0.29) is 17.0 Å².